The van der Waals surface area contributed by atoms with Crippen LogP contribution in [0.4, 0.5) is 5.82 Å². The molecule has 0 radical (unpaired) electrons. The van der Waals surface area contributed by atoms with Gasteiger partial charge in [-0.25, -0.2) is 15.0 Å². The molecule has 0 fully saturated rings. The fraction of sp³-hybridized carbons (Fsp3) is 0.353. The van der Waals surface area contributed by atoms with Gasteiger partial charge in [0.25, 0.3) is 0 Å². The van der Waals surface area contributed by atoms with Crippen molar-refractivity contribution >= 4 is 17.0 Å². The van der Waals surface area contributed by atoms with Crippen molar-refractivity contribution in [2.45, 2.75) is 39.0 Å². The molecule has 2 aromatic heterocycles. The number of fused-ring (bicyclic) bond motifs is 1. The maximum Gasteiger partial charge on any atom is 0.165 e. The molecule has 0 amide bonds. The lowest BCUT2D eigenvalue weighted by atomic mass is 10.0. The van der Waals surface area contributed by atoms with E-state index in [-0.39, 0.29) is 0 Å². The summed E-state index contributed by atoms with van der Waals surface area (Å²) in [6.45, 7) is 4.90. The van der Waals surface area contributed by atoms with E-state index in [1.165, 1.54) is 11.9 Å². The zero-order valence-corrected chi connectivity index (χ0v) is 13.4. The molecule has 0 aliphatic carbocycles. The highest BCUT2D eigenvalue weighted by Gasteiger charge is 2.20. The lowest BCUT2D eigenvalue weighted by molar-refractivity contribution is 0.0389. The first kappa shape index (κ1) is 15.4. The van der Waals surface area contributed by atoms with E-state index in [0.29, 0.717) is 25.3 Å². The van der Waals surface area contributed by atoms with E-state index in [1.54, 1.807) is 6.33 Å². The maximum absolute atomic E-state index is 10.3. The van der Waals surface area contributed by atoms with Crippen molar-refractivity contribution < 1.29 is 5.11 Å². The number of anilines is 1. The van der Waals surface area contributed by atoms with Crippen molar-refractivity contribution in [1.29, 1.82) is 0 Å². The number of imidazole rings is 1. The Labute approximate surface area is 135 Å². The standard InChI is InChI=1S/C17H21N5O/c1-3-17(2,23)10-22-12-21-14-15(19-11-20-16(14)22)18-9-13-7-5-4-6-8-13/h4-8,11-12,23H,3,9-10H2,1-2H3,(H,18,19,20)/t17-/m1/s1. The molecule has 2 N–H and O–H groups in total. The molecule has 0 unspecified atom stereocenters. The van der Waals surface area contributed by atoms with E-state index in [9.17, 15) is 5.11 Å². The molecule has 120 valence electrons. The van der Waals surface area contributed by atoms with Gasteiger partial charge in [0.2, 0.25) is 0 Å². The zero-order chi connectivity index (χ0) is 16.3. The summed E-state index contributed by atoms with van der Waals surface area (Å²) in [4.78, 5) is 13.0. The number of hydrogen-bond donors (Lipinski definition) is 2. The fourth-order valence-corrected chi connectivity index (χ4v) is 2.39. The predicted octanol–water partition coefficient (Wildman–Crippen LogP) is 2.60. The van der Waals surface area contributed by atoms with Crippen LogP contribution in [0.2, 0.25) is 0 Å². The third kappa shape index (κ3) is 3.48. The summed E-state index contributed by atoms with van der Waals surface area (Å²) in [7, 11) is 0. The van der Waals surface area contributed by atoms with Gasteiger partial charge in [-0.15, -0.1) is 0 Å². The quantitative estimate of drug-likeness (QED) is 0.732. The van der Waals surface area contributed by atoms with Crippen molar-refractivity contribution in [1.82, 2.24) is 19.5 Å². The lowest BCUT2D eigenvalue weighted by Gasteiger charge is -2.21. The van der Waals surface area contributed by atoms with Crippen LogP contribution in [-0.2, 0) is 13.1 Å². The van der Waals surface area contributed by atoms with Gasteiger partial charge < -0.3 is 15.0 Å². The molecule has 2 heterocycles. The van der Waals surface area contributed by atoms with E-state index in [1.807, 2.05) is 36.6 Å². The second-order valence-electron chi connectivity index (χ2n) is 5.96. The molecule has 3 aromatic rings. The summed E-state index contributed by atoms with van der Waals surface area (Å²) in [5, 5.41) is 13.6. The molecule has 6 nitrogen and oxygen atoms in total. The van der Waals surface area contributed by atoms with E-state index >= 15 is 0 Å². The summed E-state index contributed by atoms with van der Waals surface area (Å²) in [6, 6.07) is 10.1. The van der Waals surface area contributed by atoms with Crippen LogP contribution in [0.1, 0.15) is 25.8 Å². The summed E-state index contributed by atoms with van der Waals surface area (Å²) in [5.41, 5.74) is 1.84. The smallest absolute Gasteiger partial charge is 0.165 e. The first-order valence-electron chi connectivity index (χ1n) is 7.75. The minimum absolute atomic E-state index is 0.454. The first-order chi connectivity index (χ1) is 11.1. The van der Waals surface area contributed by atoms with Gasteiger partial charge in [-0.05, 0) is 18.9 Å². The normalized spacial score (nSPS) is 13.9. The molecular weight excluding hydrogens is 290 g/mol. The third-order valence-electron chi connectivity index (χ3n) is 3.98. The van der Waals surface area contributed by atoms with Crippen LogP contribution < -0.4 is 5.32 Å². The van der Waals surface area contributed by atoms with Crippen molar-refractivity contribution in [2.24, 2.45) is 0 Å². The Bertz CT molecular complexity index is 782. The van der Waals surface area contributed by atoms with Crippen LogP contribution >= 0.6 is 0 Å². The van der Waals surface area contributed by atoms with Crippen LogP contribution in [0.15, 0.2) is 43.0 Å². The Kier molecular flexibility index (Phi) is 4.25. The van der Waals surface area contributed by atoms with Gasteiger partial charge in [0.05, 0.1) is 18.5 Å². The molecule has 0 aliphatic rings. The number of aliphatic hydroxyl groups is 1. The summed E-state index contributed by atoms with van der Waals surface area (Å²) in [5.74, 6) is 0.703. The minimum Gasteiger partial charge on any atom is -0.388 e. The molecule has 23 heavy (non-hydrogen) atoms. The molecule has 3 rings (SSSR count). The highest BCUT2D eigenvalue weighted by molar-refractivity contribution is 5.82. The van der Waals surface area contributed by atoms with E-state index in [2.05, 4.69) is 32.4 Å². The van der Waals surface area contributed by atoms with Crippen molar-refractivity contribution in [3.8, 4) is 0 Å². The molecule has 0 bridgehead atoms. The highest BCUT2D eigenvalue weighted by Crippen LogP contribution is 2.21. The molecule has 6 heteroatoms. The van der Waals surface area contributed by atoms with Gasteiger partial charge in [0.1, 0.15) is 11.8 Å². The molecule has 0 saturated heterocycles. The Hall–Kier alpha value is -2.47. The average molecular weight is 311 g/mol. The predicted molar refractivity (Wildman–Crippen MR) is 90.0 cm³/mol. The molecule has 1 atom stereocenters. The second kappa shape index (κ2) is 6.34. The van der Waals surface area contributed by atoms with E-state index in [4.69, 9.17) is 0 Å². The monoisotopic (exact) mass is 311 g/mol. The molecule has 0 saturated carbocycles. The van der Waals surface area contributed by atoms with Gasteiger partial charge in [0.15, 0.2) is 11.5 Å². The number of hydrogen-bond acceptors (Lipinski definition) is 5. The molecule has 1 aromatic carbocycles. The number of benzene rings is 1. The van der Waals surface area contributed by atoms with Crippen molar-refractivity contribution in [3.63, 3.8) is 0 Å². The van der Waals surface area contributed by atoms with Crippen LogP contribution in [0.3, 0.4) is 0 Å². The number of aromatic nitrogens is 4. The SMILES string of the molecule is CC[C@@](C)(O)Cn1cnc2c(NCc3ccccc3)ncnc21. The third-order valence-corrected chi connectivity index (χ3v) is 3.98. The van der Waals surface area contributed by atoms with Crippen LogP contribution in [0.5, 0.6) is 0 Å². The van der Waals surface area contributed by atoms with Gasteiger partial charge in [-0.2, -0.15) is 0 Å². The van der Waals surface area contributed by atoms with Crippen molar-refractivity contribution in [2.75, 3.05) is 5.32 Å². The summed E-state index contributed by atoms with van der Waals surface area (Å²) >= 11 is 0. The Morgan fingerprint density at radius 3 is 2.70 bits per heavy atom. The van der Waals surface area contributed by atoms with Crippen LogP contribution in [-0.4, -0.2) is 30.2 Å². The maximum atomic E-state index is 10.3. The summed E-state index contributed by atoms with van der Waals surface area (Å²) in [6.07, 6.45) is 3.89. The minimum atomic E-state index is -0.782. The zero-order valence-electron chi connectivity index (χ0n) is 13.4. The average Bonchev–Trinajstić information content (AvgIpc) is 2.97. The fourth-order valence-electron chi connectivity index (χ4n) is 2.39. The van der Waals surface area contributed by atoms with Gasteiger partial charge in [-0.1, -0.05) is 37.3 Å². The number of nitrogens with zero attached hydrogens (tertiary/aromatic N) is 4. The van der Waals surface area contributed by atoms with Gasteiger partial charge in [-0.3, -0.25) is 0 Å². The molecular formula is C17H21N5O. The largest absolute Gasteiger partial charge is 0.388 e. The Morgan fingerprint density at radius 2 is 1.96 bits per heavy atom. The molecule has 0 aliphatic heterocycles. The Balaban J connectivity index is 1.84. The van der Waals surface area contributed by atoms with E-state index < -0.39 is 5.60 Å². The lowest BCUT2D eigenvalue weighted by Crippen LogP contribution is -2.29. The Morgan fingerprint density at radius 1 is 1.17 bits per heavy atom. The second-order valence-corrected chi connectivity index (χ2v) is 5.96. The number of rotatable bonds is 6. The number of nitrogens with one attached hydrogen (secondary N) is 1. The first-order valence-corrected chi connectivity index (χ1v) is 7.75. The molecule has 0 spiro atoms. The summed E-state index contributed by atoms with van der Waals surface area (Å²) < 4.78 is 1.87. The highest BCUT2D eigenvalue weighted by atomic mass is 16.3. The van der Waals surface area contributed by atoms with E-state index in [0.717, 1.165) is 11.2 Å². The van der Waals surface area contributed by atoms with Gasteiger partial charge in [0, 0.05) is 6.54 Å². The van der Waals surface area contributed by atoms with Crippen LogP contribution in [0.25, 0.3) is 11.2 Å². The van der Waals surface area contributed by atoms with Gasteiger partial charge >= 0.3 is 0 Å². The van der Waals surface area contributed by atoms with Crippen molar-refractivity contribution in [3.05, 3.63) is 48.5 Å². The van der Waals surface area contributed by atoms with Crippen LogP contribution in [0, 0.1) is 0 Å². The topological polar surface area (TPSA) is 75.9 Å².